The van der Waals surface area contributed by atoms with Crippen molar-refractivity contribution < 1.29 is 14.6 Å². The summed E-state index contributed by atoms with van der Waals surface area (Å²) in [5, 5.41) is 12.4. The molecule has 2 aromatic carbocycles. The van der Waals surface area contributed by atoms with E-state index in [-0.39, 0.29) is 5.56 Å². The van der Waals surface area contributed by atoms with E-state index < -0.39 is 5.97 Å². The van der Waals surface area contributed by atoms with Gasteiger partial charge in [0.25, 0.3) is 0 Å². The summed E-state index contributed by atoms with van der Waals surface area (Å²) >= 11 is 0. The molecule has 120 valence electrons. The van der Waals surface area contributed by atoms with Crippen LogP contribution in [0.1, 0.15) is 40.2 Å². The monoisotopic (exact) mass is 311 g/mol. The second-order valence-corrected chi connectivity index (χ2v) is 5.91. The van der Waals surface area contributed by atoms with E-state index >= 15 is 0 Å². The molecule has 1 atom stereocenters. The van der Waals surface area contributed by atoms with Crippen molar-refractivity contribution in [3.63, 3.8) is 0 Å². The fraction of sp³-hybridized carbons (Fsp3) is 0.316. The van der Waals surface area contributed by atoms with Crippen LogP contribution in [0.3, 0.4) is 0 Å². The predicted molar refractivity (Wildman–Crippen MR) is 89.0 cm³/mol. The number of hydrogen-bond donors (Lipinski definition) is 2. The lowest BCUT2D eigenvalue weighted by atomic mass is 9.92. The molecule has 4 nitrogen and oxygen atoms in total. The van der Waals surface area contributed by atoms with Gasteiger partial charge in [-0.3, -0.25) is 0 Å². The maximum Gasteiger partial charge on any atom is 0.335 e. The van der Waals surface area contributed by atoms with Gasteiger partial charge in [0, 0.05) is 6.54 Å². The fourth-order valence-electron chi connectivity index (χ4n) is 2.93. The SMILES string of the molecule is O=C(O)c1cccc(COc2ccc(C3CCCNC3)cc2)c1. The van der Waals surface area contributed by atoms with Crippen molar-refractivity contribution in [3.8, 4) is 5.75 Å². The summed E-state index contributed by atoms with van der Waals surface area (Å²) in [6.45, 7) is 2.53. The van der Waals surface area contributed by atoms with Crippen molar-refractivity contribution in [2.75, 3.05) is 13.1 Å². The quantitative estimate of drug-likeness (QED) is 0.888. The molecule has 1 saturated heterocycles. The number of carbonyl (C=O) groups is 1. The predicted octanol–water partition coefficient (Wildman–Crippen LogP) is 3.43. The molecule has 0 amide bonds. The molecule has 1 fully saturated rings. The maximum atomic E-state index is 11.0. The highest BCUT2D eigenvalue weighted by atomic mass is 16.5. The summed E-state index contributed by atoms with van der Waals surface area (Å²) in [5.41, 5.74) is 2.48. The van der Waals surface area contributed by atoms with Crippen LogP contribution in [0.4, 0.5) is 0 Å². The van der Waals surface area contributed by atoms with Crippen LogP contribution in [0.2, 0.25) is 0 Å². The summed E-state index contributed by atoms with van der Waals surface area (Å²) in [6.07, 6.45) is 2.46. The Kier molecular flexibility index (Phi) is 4.93. The average molecular weight is 311 g/mol. The Morgan fingerprint density at radius 1 is 1.22 bits per heavy atom. The van der Waals surface area contributed by atoms with Gasteiger partial charge in [-0.15, -0.1) is 0 Å². The molecular formula is C19H21NO3. The molecule has 1 unspecified atom stereocenters. The van der Waals surface area contributed by atoms with Crippen molar-refractivity contribution in [1.29, 1.82) is 0 Å². The van der Waals surface area contributed by atoms with Gasteiger partial charge < -0.3 is 15.2 Å². The van der Waals surface area contributed by atoms with Gasteiger partial charge in [0.05, 0.1) is 5.56 Å². The lowest BCUT2D eigenvalue weighted by Crippen LogP contribution is -2.28. The molecule has 3 rings (SSSR count). The van der Waals surface area contributed by atoms with Gasteiger partial charge in [0.1, 0.15) is 12.4 Å². The number of ether oxygens (including phenoxy) is 1. The van der Waals surface area contributed by atoms with Gasteiger partial charge in [-0.2, -0.15) is 0 Å². The molecule has 4 heteroatoms. The average Bonchev–Trinajstić information content (AvgIpc) is 2.61. The Labute approximate surface area is 136 Å². The van der Waals surface area contributed by atoms with Crippen LogP contribution < -0.4 is 10.1 Å². The Morgan fingerprint density at radius 3 is 2.74 bits per heavy atom. The highest BCUT2D eigenvalue weighted by molar-refractivity contribution is 5.87. The van der Waals surface area contributed by atoms with E-state index in [0.717, 1.165) is 24.4 Å². The zero-order valence-electron chi connectivity index (χ0n) is 13.0. The number of carboxylic acids is 1. The molecule has 0 bridgehead atoms. The topological polar surface area (TPSA) is 58.6 Å². The second-order valence-electron chi connectivity index (χ2n) is 5.91. The summed E-state index contributed by atoms with van der Waals surface area (Å²) in [5.74, 6) is 0.473. The number of nitrogens with one attached hydrogen (secondary N) is 1. The van der Waals surface area contributed by atoms with Gasteiger partial charge in [-0.05, 0) is 60.7 Å². The van der Waals surface area contributed by atoms with Crippen LogP contribution in [0.25, 0.3) is 0 Å². The molecule has 0 radical (unpaired) electrons. The largest absolute Gasteiger partial charge is 0.489 e. The number of carboxylic acid groups (broad SMARTS) is 1. The van der Waals surface area contributed by atoms with Crippen LogP contribution in [-0.4, -0.2) is 24.2 Å². The van der Waals surface area contributed by atoms with Crippen molar-refractivity contribution in [2.24, 2.45) is 0 Å². The van der Waals surface area contributed by atoms with Gasteiger partial charge >= 0.3 is 5.97 Å². The van der Waals surface area contributed by atoms with Crippen molar-refractivity contribution in [2.45, 2.75) is 25.4 Å². The summed E-state index contributed by atoms with van der Waals surface area (Å²) < 4.78 is 5.76. The van der Waals surface area contributed by atoms with E-state index in [1.807, 2.05) is 18.2 Å². The Bertz CT molecular complexity index is 661. The van der Waals surface area contributed by atoms with Gasteiger partial charge in [-0.1, -0.05) is 24.3 Å². The lowest BCUT2D eigenvalue weighted by Gasteiger charge is -2.23. The van der Waals surface area contributed by atoms with Gasteiger partial charge in [0.15, 0.2) is 0 Å². The van der Waals surface area contributed by atoms with Gasteiger partial charge in [-0.25, -0.2) is 4.79 Å². The number of benzene rings is 2. The third-order valence-corrected chi connectivity index (χ3v) is 4.23. The normalized spacial score (nSPS) is 17.7. The number of rotatable bonds is 5. The standard InChI is InChI=1S/C19H21NO3/c21-19(22)16-4-1-3-14(11-16)13-23-18-8-6-15(7-9-18)17-5-2-10-20-12-17/h1,3-4,6-9,11,17,20H,2,5,10,12-13H2,(H,21,22). The van der Waals surface area contributed by atoms with Crippen molar-refractivity contribution in [3.05, 3.63) is 65.2 Å². The van der Waals surface area contributed by atoms with Crippen LogP contribution in [0.5, 0.6) is 5.75 Å². The molecule has 1 aliphatic rings. The minimum absolute atomic E-state index is 0.284. The van der Waals surface area contributed by atoms with Crippen molar-refractivity contribution in [1.82, 2.24) is 5.32 Å². The number of aromatic carboxylic acids is 1. The lowest BCUT2D eigenvalue weighted by molar-refractivity contribution is 0.0696. The molecule has 23 heavy (non-hydrogen) atoms. The highest BCUT2D eigenvalue weighted by Crippen LogP contribution is 2.25. The first kappa shape index (κ1) is 15.6. The number of hydrogen-bond acceptors (Lipinski definition) is 3. The van der Waals surface area contributed by atoms with Crippen molar-refractivity contribution >= 4 is 5.97 Å². The van der Waals surface area contributed by atoms with Crippen LogP contribution in [-0.2, 0) is 6.61 Å². The van der Waals surface area contributed by atoms with E-state index in [9.17, 15) is 4.79 Å². The minimum Gasteiger partial charge on any atom is -0.489 e. The zero-order chi connectivity index (χ0) is 16.1. The molecule has 0 saturated carbocycles. The minimum atomic E-state index is -0.919. The Balaban J connectivity index is 1.60. The maximum absolute atomic E-state index is 11.0. The van der Waals surface area contributed by atoms with E-state index in [1.54, 1.807) is 18.2 Å². The molecule has 0 aliphatic carbocycles. The molecule has 0 aromatic heterocycles. The van der Waals surface area contributed by atoms with E-state index in [0.29, 0.717) is 12.5 Å². The third kappa shape index (κ3) is 4.11. The van der Waals surface area contributed by atoms with E-state index in [1.165, 1.54) is 18.4 Å². The molecule has 0 spiro atoms. The second kappa shape index (κ2) is 7.29. The first-order valence-corrected chi connectivity index (χ1v) is 7.98. The van der Waals surface area contributed by atoms with E-state index in [2.05, 4.69) is 17.4 Å². The summed E-state index contributed by atoms with van der Waals surface area (Å²) in [6, 6.07) is 15.1. The molecular weight excluding hydrogens is 290 g/mol. The first-order chi connectivity index (χ1) is 11.2. The van der Waals surface area contributed by atoms with Crippen LogP contribution in [0, 0.1) is 0 Å². The molecule has 2 N–H and O–H groups in total. The smallest absolute Gasteiger partial charge is 0.335 e. The molecule has 1 heterocycles. The fourth-order valence-corrected chi connectivity index (χ4v) is 2.93. The van der Waals surface area contributed by atoms with E-state index in [4.69, 9.17) is 9.84 Å². The summed E-state index contributed by atoms with van der Waals surface area (Å²) in [4.78, 5) is 11.0. The zero-order valence-corrected chi connectivity index (χ0v) is 13.0. The molecule has 1 aliphatic heterocycles. The third-order valence-electron chi connectivity index (χ3n) is 4.23. The van der Waals surface area contributed by atoms with Crippen LogP contribution >= 0.6 is 0 Å². The Hall–Kier alpha value is -2.33. The van der Waals surface area contributed by atoms with Crippen LogP contribution in [0.15, 0.2) is 48.5 Å². The number of piperidine rings is 1. The molecule has 2 aromatic rings. The summed E-state index contributed by atoms with van der Waals surface area (Å²) in [7, 11) is 0. The highest BCUT2D eigenvalue weighted by Gasteiger charge is 2.14. The first-order valence-electron chi connectivity index (χ1n) is 7.98. The Morgan fingerprint density at radius 2 is 2.04 bits per heavy atom. The van der Waals surface area contributed by atoms with Gasteiger partial charge in [0.2, 0.25) is 0 Å².